The maximum Gasteiger partial charge on any atom is 0.414 e. The van der Waals surface area contributed by atoms with Crippen molar-refractivity contribution in [2.45, 2.75) is 78.4 Å². The normalized spacial score (nSPS) is 11.2. The van der Waals surface area contributed by atoms with Crippen molar-refractivity contribution in [2.75, 3.05) is 0 Å². The summed E-state index contributed by atoms with van der Waals surface area (Å²) in [5.41, 5.74) is 0.190. The number of aliphatic imine (C=N–C) groups is 1. The third-order valence-electron chi connectivity index (χ3n) is 4.81. The number of ether oxygens (including phenoxy) is 2. The van der Waals surface area contributed by atoms with Crippen LogP contribution in [-0.2, 0) is 20.7 Å². The molecule has 0 atom stereocenters. The summed E-state index contributed by atoms with van der Waals surface area (Å²) >= 11 is 0. The Labute approximate surface area is 224 Å². The number of amides is 2. The second kappa shape index (κ2) is 13.5. The second-order valence-electron chi connectivity index (χ2n) is 10.7. The summed E-state index contributed by atoms with van der Waals surface area (Å²) in [6.07, 6.45) is -0.430. The lowest BCUT2D eigenvalue weighted by Gasteiger charge is -2.22. The van der Waals surface area contributed by atoms with Crippen molar-refractivity contribution in [1.82, 2.24) is 10.6 Å². The molecule has 38 heavy (non-hydrogen) atoms. The van der Waals surface area contributed by atoms with E-state index in [2.05, 4.69) is 15.6 Å². The van der Waals surface area contributed by atoms with E-state index >= 15 is 0 Å². The van der Waals surface area contributed by atoms with Crippen LogP contribution in [0, 0.1) is 0 Å². The molecule has 0 aliphatic heterocycles. The molecule has 0 aromatic heterocycles. The van der Waals surface area contributed by atoms with E-state index < -0.39 is 23.4 Å². The first-order valence-electron chi connectivity index (χ1n) is 12.5. The van der Waals surface area contributed by atoms with Crippen LogP contribution in [-0.4, -0.2) is 40.9 Å². The van der Waals surface area contributed by atoms with Crippen molar-refractivity contribution in [3.8, 4) is 0 Å². The summed E-state index contributed by atoms with van der Waals surface area (Å²) < 4.78 is 10.5. The van der Waals surface area contributed by atoms with Gasteiger partial charge in [-0.05, 0) is 65.7 Å². The molecule has 0 fully saturated rings. The van der Waals surface area contributed by atoms with E-state index in [1.165, 1.54) is 6.07 Å². The zero-order valence-electron chi connectivity index (χ0n) is 22.9. The smallest absolute Gasteiger partial charge is 0.414 e. The molecule has 2 aromatic carbocycles. The molecule has 2 amide bonds. The fourth-order valence-electron chi connectivity index (χ4n) is 3.22. The van der Waals surface area contributed by atoms with Crippen LogP contribution >= 0.6 is 0 Å². The quantitative estimate of drug-likeness (QED) is 0.253. The maximum absolute atomic E-state index is 12.8. The topological polar surface area (TPSA) is 123 Å². The molecule has 2 aromatic rings. The third-order valence-corrected chi connectivity index (χ3v) is 4.81. The number of carbonyl (C=O) groups excluding carboxylic acids is 4. The van der Waals surface area contributed by atoms with E-state index in [9.17, 15) is 19.2 Å². The number of alkyl carbamates (subject to hydrolysis) is 2. The van der Waals surface area contributed by atoms with E-state index in [0.29, 0.717) is 24.1 Å². The summed E-state index contributed by atoms with van der Waals surface area (Å²) in [6.45, 7) is 10.2. The molecule has 2 N–H and O–H groups in total. The predicted molar refractivity (Wildman–Crippen MR) is 146 cm³/mol. The van der Waals surface area contributed by atoms with Crippen molar-refractivity contribution in [2.24, 2.45) is 4.99 Å². The van der Waals surface area contributed by atoms with Gasteiger partial charge in [0.25, 0.3) is 0 Å². The zero-order valence-corrected chi connectivity index (χ0v) is 22.9. The maximum atomic E-state index is 12.8. The number of Topliss-reactive ketones (excluding diaryl/α,β-unsaturated/α-hetero) is 2. The fourth-order valence-corrected chi connectivity index (χ4v) is 3.22. The Hall–Kier alpha value is -4.01. The lowest BCUT2D eigenvalue weighted by Crippen LogP contribution is -2.47. The van der Waals surface area contributed by atoms with E-state index in [0.717, 1.165) is 5.56 Å². The molecule has 0 bridgehead atoms. The van der Waals surface area contributed by atoms with Gasteiger partial charge in [0.2, 0.25) is 5.96 Å². The number of ketones is 2. The minimum Gasteiger partial charge on any atom is -0.444 e. The SMILES string of the molecule is CC(C)(C)OC(=O)NC(=Nc1cccc(C(=O)CCC(=O)CCc2ccccc2)c1)NC(=O)OC(C)(C)C. The molecule has 0 saturated carbocycles. The number of nitrogens with zero attached hydrogens (tertiary/aromatic N) is 1. The van der Waals surface area contributed by atoms with Gasteiger partial charge in [-0.2, -0.15) is 0 Å². The third kappa shape index (κ3) is 12.3. The van der Waals surface area contributed by atoms with Gasteiger partial charge in [0.05, 0.1) is 5.69 Å². The lowest BCUT2D eigenvalue weighted by molar-refractivity contribution is -0.119. The lowest BCUT2D eigenvalue weighted by atomic mass is 10.0. The average molecular weight is 524 g/mol. The van der Waals surface area contributed by atoms with E-state index in [4.69, 9.17) is 9.47 Å². The molecule has 0 saturated heterocycles. The number of benzene rings is 2. The summed E-state index contributed by atoms with van der Waals surface area (Å²) in [4.78, 5) is 53.9. The van der Waals surface area contributed by atoms with Crippen molar-refractivity contribution in [1.29, 1.82) is 0 Å². The molecule has 204 valence electrons. The van der Waals surface area contributed by atoms with Crippen molar-refractivity contribution >= 4 is 35.4 Å². The highest BCUT2D eigenvalue weighted by Crippen LogP contribution is 2.17. The molecule has 9 nitrogen and oxygen atoms in total. The Morgan fingerprint density at radius 3 is 1.87 bits per heavy atom. The number of rotatable bonds is 8. The van der Waals surface area contributed by atoms with Crippen LogP contribution in [0.1, 0.15) is 76.7 Å². The van der Waals surface area contributed by atoms with Gasteiger partial charge in [0.1, 0.15) is 17.0 Å². The number of aryl methyl sites for hydroxylation is 1. The van der Waals surface area contributed by atoms with Gasteiger partial charge in [-0.25, -0.2) is 14.6 Å². The first kappa shape index (κ1) is 30.2. The summed E-state index contributed by atoms with van der Waals surface area (Å²) in [5, 5.41) is 4.80. The van der Waals surface area contributed by atoms with Crippen LogP contribution in [0.3, 0.4) is 0 Å². The molecular weight excluding hydrogens is 486 g/mol. The Balaban J connectivity index is 2.09. The standard InChI is InChI=1S/C29H37N3O6/c1-28(2,3)37-26(35)31-25(32-27(36)38-29(4,5)6)30-22-14-10-13-21(19-22)24(34)18-17-23(33)16-15-20-11-8-7-9-12-20/h7-14,19H,15-18H2,1-6H3,(H2,30,31,32,35,36). The molecule has 0 radical (unpaired) electrons. The molecule has 0 aliphatic rings. The highest BCUT2D eigenvalue weighted by atomic mass is 16.6. The Bertz CT molecular complexity index is 1130. The monoisotopic (exact) mass is 523 g/mol. The van der Waals surface area contributed by atoms with Gasteiger partial charge >= 0.3 is 12.2 Å². The summed E-state index contributed by atoms with van der Waals surface area (Å²) in [5.74, 6) is -0.423. The van der Waals surface area contributed by atoms with Gasteiger partial charge in [-0.15, -0.1) is 0 Å². The highest BCUT2D eigenvalue weighted by molar-refractivity contribution is 6.03. The Kier molecular flexibility index (Phi) is 10.7. The molecule has 0 aliphatic carbocycles. The van der Waals surface area contributed by atoms with Gasteiger partial charge in [0.15, 0.2) is 5.78 Å². The number of hydrogen-bond acceptors (Lipinski definition) is 7. The Morgan fingerprint density at radius 1 is 0.737 bits per heavy atom. The van der Waals surface area contributed by atoms with Crippen LogP contribution < -0.4 is 10.6 Å². The first-order valence-corrected chi connectivity index (χ1v) is 12.5. The van der Waals surface area contributed by atoms with Crippen LogP contribution in [0.25, 0.3) is 0 Å². The number of carbonyl (C=O) groups is 4. The minimum atomic E-state index is -0.825. The largest absolute Gasteiger partial charge is 0.444 e. The van der Waals surface area contributed by atoms with Gasteiger partial charge < -0.3 is 9.47 Å². The average Bonchev–Trinajstić information content (AvgIpc) is 2.79. The number of nitrogens with one attached hydrogen (secondary N) is 2. The van der Waals surface area contributed by atoms with Crippen LogP contribution in [0.4, 0.5) is 15.3 Å². The molecular formula is C29H37N3O6. The van der Waals surface area contributed by atoms with Gasteiger partial charge in [-0.3, -0.25) is 20.2 Å². The highest BCUT2D eigenvalue weighted by Gasteiger charge is 2.21. The molecule has 0 unspecified atom stereocenters. The fraction of sp³-hybridized carbons (Fsp3) is 0.414. The van der Waals surface area contributed by atoms with Crippen molar-refractivity contribution in [3.05, 3.63) is 65.7 Å². The van der Waals surface area contributed by atoms with Gasteiger partial charge in [0, 0.05) is 24.8 Å². The molecule has 2 rings (SSSR count). The number of hydrogen-bond donors (Lipinski definition) is 2. The van der Waals surface area contributed by atoms with Crippen LogP contribution in [0.15, 0.2) is 59.6 Å². The molecule has 0 heterocycles. The van der Waals surface area contributed by atoms with Crippen molar-refractivity contribution in [3.63, 3.8) is 0 Å². The predicted octanol–water partition coefficient (Wildman–Crippen LogP) is 5.89. The van der Waals surface area contributed by atoms with Gasteiger partial charge in [-0.1, -0.05) is 42.5 Å². The summed E-state index contributed by atoms with van der Waals surface area (Å²) in [6, 6.07) is 16.1. The zero-order chi connectivity index (χ0) is 28.3. The molecule has 0 spiro atoms. The summed E-state index contributed by atoms with van der Waals surface area (Å²) in [7, 11) is 0. The van der Waals surface area contributed by atoms with E-state index in [-0.39, 0.29) is 30.4 Å². The van der Waals surface area contributed by atoms with Crippen LogP contribution in [0.2, 0.25) is 0 Å². The number of guanidine groups is 1. The van der Waals surface area contributed by atoms with Crippen LogP contribution in [0.5, 0.6) is 0 Å². The van der Waals surface area contributed by atoms with E-state index in [1.807, 2.05) is 30.3 Å². The first-order chi connectivity index (χ1) is 17.7. The Morgan fingerprint density at radius 2 is 1.32 bits per heavy atom. The van der Waals surface area contributed by atoms with E-state index in [1.54, 1.807) is 59.7 Å². The van der Waals surface area contributed by atoms with Crippen molar-refractivity contribution < 1.29 is 28.7 Å². The molecule has 9 heteroatoms. The minimum absolute atomic E-state index is 0.0155. The second-order valence-corrected chi connectivity index (χ2v) is 10.7.